The lowest BCUT2D eigenvalue weighted by Gasteiger charge is -2.14. The number of carbonyl (C=O) groups is 1. The number of rotatable bonds is 4. The number of carbonyl (C=O) groups excluding carboxylic acids is 1. The molecule has 0 saturated heterocycles. The van der Waals surface area contributed by atoms with Crippen LogP contribution in [0.5, 0.6) is 0 Å². The molecule has 1 aromatic rings. The number of amidine groups is 1. The minimum absolute atomic E-state index is 0.163. The van der Waals surface area contributed by atoms with Gasteiger partial charge in [-0.15, -0.1) is 0 Å². The second kappa shape index (κ2) is 6.00. The Labute approximate surface area is 104 Å². The number of amides is 1. The van der Waals surface area contributed by atoms with Gasteiger partial charge in [0.15, 0.2) is 5.84 Å². The molecule has 0 aliphatic carbocycles. The number of aryl methyl sites for hydroxylation is 1. The summed E-state index contributed by atoms with van der Waals surface area (Å²) in [7, 11) is 0. The van der Waals surface area contributed by atoms with Crippen molar-refractivity contribution in [3.63, 3.8) is 0 Å². The SMILES string of the molecule is CCC(C(=O)Nc1cc(F)ccc1C)C(N)=NO. The summed E-state index contributed by atoms with van der Waals surface area (Å²) in [6.07, 6.45) is 0.385. The van der Waals surface area contributed by atoms with Gasteiger partial charge < -0.3 is 16.3 Å². The average Bonchev–Trinajstić information content (AvgIpc) is 2.34. The van der Waals surface area contributed by atoms with Crippen molar-refractivity contribution in [3.8, 4) is 0 Å². The number of hydrogen-bond donors (Lipinski definition) is 3. The van der Waals surface area contributed by atoms with Gasteiger partial charge in [0.25, 0.3) is 0 Å². The highest BCUT2D eigenvalue weighted by molar-refractivity contribution is 6.07. The summed E-state index contributed by atoms with van der Waals surface area (Å²) in [5.74, 6) is -1.77. The Morgan fingerprint density at radius 1 is 1.61 bits per heavy atom. The Bertz CT molecular complexity index is 474. The van der Waals surface area contributed by atoms with Crippen LogP contribution in [0.2, 0.25) is 0 Å². The number of benzene rings is 1. The van der Waals surface area contributed by atoms with Crippen LogP contribution in [0.25, 0.3) is 0 Å². The van der Waals surface area contributed by atoms with Crippen molar-refractivity contribution in [2.75, 3.05) is 5.32 Å². The molecule has 1 unspecified atom stereocenters. The van der Waals surface area contributed by atoms with Gasteiger partial charge in [0.1, 0.15) is 5.82 Å². The van der Waals surface area contributed by atoms with E-state index < -0.39 is 17.6 Å². The predicted octanol–water partition coefficient (Wildman–Crippen LogP) is 1.85. The largest absolute Gasteiger partial charge is 0.409 e. The van der Waals surface area contributed by atoms with Crippen molar-refractivity contribution in [2.45, 2.75) is 20.3 Å². The first-order valence-electron chi connectivity index (χ1n) is 5.54. The fourth-order valence-corrected chi connectivity index (χ4v) is 1.55. The van der Waals surface area contributed by atoms with Crippen LogP contribution in [-0.2, 0) is 4.79 Å². The molecule has 1 atom stereocenters. The van der Waals surface area contributed by atoms with Crippen LogP contribution in [0.1, 0.15) is 18.9 Å². The Balaban J connectivity index is 2.89. The van der Waals surface area contributed by atoms with Gasteiger partial charge in [-0.3, -0.25) is 4.79 Å². The number of oxime groups is 1. The number of nitrogens with one attached hydrogen (secondary N) is 1. The van der Waals surface area contributed by atoms with Crippen molar-refractivity contribution < 1.29 is 14.4 Å². The minimum Gasteiger partial charge on any atom is -0.409 e. The number of nitrogens with zero attached hydrogens (tertiary/aromatic N) is 1. The van der Waals surface area contributed by atoms with E-state index in [9.17, 15) is 9.18 Å². The number of nitrogens with two attached hydrogens (primary N) is 1. The highest BCUT2D eigenvalue weighted by Gasteiger charge is 2.21. The molecule has 6 heteroatoms. The van der Waals surface area contributed by atoms with Crippen LogP contribution in [0.4, 0.5) is 10.1 Å². The van der Waals surface area contributed by atoms with Gasteiger partial charge >= 0.3 is 0 Å². The second-order valence-electron chi connectivity index (χ2n) is 3.93. The molecule has 1 amide bonds. The fourth-order valence-electron chi connectivity index (χ4n) is 1.55. The van der Waals surface area contributed by atoms with E-state index in [1.54, 1.807) is 19.9 Å². The Hall–Kier alpha value is -2.11. The molecule has 1 aromatic carbocycles. The second-order valence-corrected chi connectivity index (χ2v) is 3.93. The van der Waals surface area contributed by atoms with Crippen molar-refractivity contribution in [3.05, 3.63) is 29.6 Å². The molecule has 0 aliphatic heterocycles. The van der Waals surface area contributed by atoms with Gasteiger partial charge in [-0.2, -0.15) is 0 Å². The van der Waals surface area contributed by atoms with E-state index >= 15 is 0 Å². The van der Waals surface area contributed by atoms with Crippen LogP contribution in [0.15, 0.2) is 23.4 Å². The number of hydrogen-bond acceptors (Lipinski definition) is 3. The summed E-state index contributed by atoms with van der Waals surface area (Å²) < 4.78 is 13.1. The predicted molar refractivity (Wildman–Crippen MR) is 67.0 cm³/mol. The van der Waals surface area contributed by atoms with Crippen molar-refractivity contribution in [2.24, 2.45) is 16.8 Å². The molecule has 0 spiro atoms. The van der Waals surface area contributed by atoms with E-state index in [4.69, 9.17) is 10.9 Å². The lowest BCUT2D eigenvalue weighted by atomic mass is 10.0. The Kier molecular flexibility index (Phi) is 4.65. The van der Waals surface area contributed by atoms with E-state index in [1.165, 1.54) is 12.1 Å². The molecule has 0 bridgehead atoms. The topological polar surface area (TPSA) is 87.7 Å². The summed E-state index contributed by atoms with van der Waals surface area (Å²) in [5.41, 5.74) is 6.53. The molecule has 0 fully saturated rings. The monoisotopic (exact) mass is 253 g/mol. The van der Waals surface area contributed by atoms with Gasteiger partial charge in [-0.1, -0.05) is 18.1 Å². The minimum atomic E-state index is -0.738. The maximum atomic E-state index is 13.1. The first-order chi connectivity index (χ1) is 8.49. The lowest BCUT2D eigenvalue weighted by molar-refractivity contribution is -0.118. The molecule has 0 aromatic heterocycles. The quantitative estimate of drug-likeness (QED) is 0.331. The smallest absolute Gasteiger partial charge is 0.235 e. The standard InChI is InChI=1S/C12H16FN3O2/c1-3-9(11(14)16-18)12(17)15-10-6-8(13)5-4-7(10)2/h4-6,9,18H,3H2,1-2H3,(H2,14,16)(H,15,17). The highest BCUT2D eigenvalue weighted by atomic mass is 19.1. The zero-order valence-corrected chi connectivity index (χ0v) is 10.3. The third kappa shape index (κ3) is 3.19. The van der Waals surface area contributed by atoms with Crippen molar-refractivity contribution in [1.82, 2.24) is 0 Å². The zero-order valence-electron chi connectivity index (χ0n) is 10.3. The molecule has 1 rings (SSSR count). The van der Waals surface area contributed by atoms with Crippen molar-refractivity contribution in [1.29, 1.82) is 0 Å². The molecule has 98 valence electrons. The fraction of sp³-hybridized carbons (Fsp3) is 0.333. The molecular formula is C12H16FN3O2. The van der Waals surface area contributed by atoms with E-state index in [-0.39, 0.29) is 5.84 Å². The summed E-state index contributed by atoms with van der Waals surface area (Å²) in [6.45, 7) is 3.49. The molecule has 0 saturated carbocycles. The summed E-state index contributed by atoms with van der Waals surface area (Å²) >= 11 is 0. The molecule has 0 aliphatic rings. The highest BCUT2D eigenvalue weighted by Crippen LogP contribution is 2.17. The first-order valence-corrected chi connectivity index (χ1v) is 5.54. The van der Waals surface area contributed by atoms with E-state index in [0.29, 0.717) is 12.1 Å². The zero-order chi connectivity index (χ0) is 13.7. The lowest BCUT2D eigenvalue weighted by Crippen LogP contribution is -2.34. The third-order valence-corrected chi connectivity index (χ3v) is 2.65. The third-order valence-electron chi connectivity index (χ3n) is 2.65. The van der Waals surface area contributed by atoms with Crippen LogP contribution in [-0.4, -0.2) is 17.0 Å². The molecule has 0 radical (unpaired) electrons. The van der Waals surface area contributed by atoms with Crippen LogP contribution in [0.3, 0.4) is 0 Å². The van der Waals surface area contributed by atoms with Crippen LogP contribution >= 0.6 is 0 Å². The summed E-state index contributed by atoms with van der Waals surface area (Å²) in [4.78, 5) is 11.9. The van der Waals surface area contributed by atoms with Gasteiger partial charge in [0.2, 0.25) is 5.91 Å². The molecule has 0 heterocycles. The number of halogens is 1. The van der Waals surface area contributed by atoms with Crippen LogP contribution in [0, 0.1) is 18.7 Å². The van der Waals surface area contributed by atoms with Gasteiger partial charge in [0.05, 0.1) is 5.92 Å². The van der Waals surface area contributed by atoms with Crippen LogP contribution < -0.4 is 11.1 Å². The van der Waals surface area contributed by atoms with E-state index in [1.807, 2.05) is 0 Å². The van der Waals surface area contributed by atoms with Gasteiger partial charge in [-0.25, -0.2) is 4.39 Å². The average molecular weight is 253 g/mol. The van der Waals surface area contributed by atoms with Gasteiger partial charge in [0, 0.05) is 5.69 Å². The number of anilines is 1. The van der Waals surface area contributed by atoms with Gasteiger partial charge in [-0.05, 0) is 31.0 Å². The first kappa shape index (κ1) is 14.0. The van der Waals surface area contributed by atoms with Crippen molar-refractivity contribution >= 4 is 17.4 Å². The Morgan fingerprint density at radius 3 is 2.83 bits per heavy atom. The molecule has 18 heavy (non-hydrogen) atoms. The molecule has 5 nitrogen and oxygen atoms in total. The maximum Gasteiger partial charge on any atom is 0.235 e. The summed E-state index contributed by atoms with van der Waals surface area (Å²) in [5, 5.41) is 14.0. The normalized spacial score (nSPS) is 13.2. The molecule has 4 N–H and O–H groups in total. The molecular weight excluding hydrogens is 237 g/mol. The Morgan fingerprint density at radius 2 is 2.28 bits per heavy atom. The van der Waals surface area contributed by atoms with E-state index in [0.717, 1.165) is 5.56 Å². The van der Waals surface area contributed by atoms with E-state index in [2.05, 4.69) is 10.5 Å². The summed E-state index contributed by atoms with van der Waals surface area (Å²) in [6, 6.07) is 4.10. The maximum absolute atomic E-state index is 13.1.